The van der Waals surface area contributed by atoms with Crippen LogP contribution < -0.4 is 5.32 Å². The molecule has 0 fully saturated rings. The normalized spacial score (nSPS) is 10.4. The van der Waals surface area contributed by atoms with Gasteiger partial charge in [-0.2, -0.15) is 0 Å². The second kappa shape index (κ2) is 5.66. The Labute approximate surface area is 121 Å². The zero-order chi connectivity index (χ0) is 14.9. The van der Waals surface area contributed by atoms with Gasteiger partial charge in [0.15, 0.2) is 5.82 Å². The van der Waals surface area contributed by atoms with Gasteiger partial charge < -0.3 is 5.32 Å². The Hall–Kier alpha value is -1.82. The number of aryl methyl sites for hydroxylation is 1. The first-order valence-electron chi connectivity index (χ1n) is 5.60. The maximum Gasteiger partial charge on any atom is 0.255 e. The summed E-state index contributed by atoms with van der Waals surface area (Å²) in [6.07, 6.45) is 0. The van der Waals surface area contributed by atoms with Crippen LogP contribution in [0.2, 0.25) is 0 Å². The molecule has 0 aliphatic heterocycles. The van der Waals surface area contributed by atoms with Crippen molar-refractivity contribution in [3.05, 3.63) is 63.4 Å². The Morgan fingerprint density at radius 1 is 1.10 bits per heavy atom. The highest BCUT2D eigenvalue weighted by molar-refractivity contribution is 9.10. The SMILES string of the molecule is Cc1cc(C(=O)Nc2c(F)cc(F)cc2Br)ccc1F. The minimum Gasteiger partial charge on any atom is -0.319 e. The van der Waals surface area contributed by atoms with Crippen molar-refractivity contribution < 1.29 is 18.0 Å². The number of nitrogens with one attached hydrogen (secondary N) is 1. The van der Waals surface area contributed by atoms with Gasteiger partial charge in [-0.05, 0) is 52.7 Å². The molecule has 0 atom stereocenters. The minimum absolute atomic E-state index is 0.0854. The van der Waals surface area contributed by atoms with Crippen LogP contribution in [-0.4, -0.2) is 5.91 Å². The van der Waals surface area contributed by atoms with Gasteiger partial charge in [-0.25, -0.2) is 13.2 Å². The first kappa shape index (κ1) is 14.6. The average molecular weight is 344 g/mol. The molecule has 2 nitrogen and oxygen atoms in total. The molecule has 2 rings (SSSR count). The highest BCUT2D eigenvalue weighted by Crippen LogP contribution is 2.27. The van der Waals surface area contributed by atoms with Crippen molar-refractivity contribution in [3.8, 4) is 0 Å². The van der Waals surface area contributed by atoms with Crippen LogP contribution in [0.3, 0.4) is 0 Å². The van der Waals surface area contributed by atoms with Crippen LogP contribution in [0, 0.1) is 24.4 Å². The molecule has 0 unspecified atom stereocenters. The first-order chi connectivity index (χ1) is 9.38. The molecule has 0 aliphatic carbocycles. The average Bonchev–Trinajstić information content (AvgIpc) is 2.36. The molecule has 0 aliphatic rings. The fourth-order valence-electron chi connectivity index (χ4n) is 1.63. The van der Waals surface area contributed by atoms with E-state index in [0.717, 1.165) is 12.1 Å². The number of hydrogen-bond acceptors (Lipinski definition) is 1. The van der Waals surface area contributed by atoms with Crippen molar-refractivity contribution >= 4 is 27.5 Å². The van der Waals surface area contributed by atoms with Crippen molar-refractivity contribution in [2.45, 2.75) is 6.92 Å². The lowest BCUT2D eigenvalue weighted by atomic mass is 10.1. The van der Waals surface area contributed by atoms with Gasteiger partial charge in [-0.15, -0.1) is 0 Å². The summed E-state index contributed by atoms with van der Waals surface area (Å²) in [7, 11) is 0. The Morgan fingerprint density at radius 3 is 2.40 bits per heavy atom. The Morgan fingerprint density at radius 2 is 1.80 bits per heavy atom. The minimum atomic E-state index is -0.899. The molecule has 0 saturated heterocycles. The van der Waals surface area contributed by atoms with E-state index in [1.807, 2.05) is 0 Å². The summed E-state index contributed by atoms with van der Waals surface area (Å²) in [4.78, 5) is 12.0. The second-order valence-corrected chi connectivity index (χ2v) is 5.02. The number of hydrogen-bond donors (Lipinski definition) is 1. The zero-order valence-electron chi connectivity index (χ0n) is 10.3. The molecule has 0 spiro atoms. The zero-order valence-corrected chi connectivity index (χ0v) is 11.9. The Bertz CT molecular complexity index is 665. The van der Waals surface area contributed by atoms with Crippen molar-refractivity contribution in [3.63, 3.8) is 0 Å². The summed E-state index contributed by atoms with van der Waals surface area (Å²) < 4.78 is 39.7. The number of rotatable bonds is 2. The summed E-state index contributed by atoms with van der Waals surface area (Å²) in [6, 6.07) is 5.48. The van der Waals surface area contributed by atoms with E-state index in [2.05, 4.69) is 21.2 Å². The van der Waals surface area contributed by atoms with Gasteiger partial charge in [-0.3, -0.25) is 4.79 Å². The van der Waals surface area contributed by atoms with Gasteiger partial charge >= 0.3 is 0 Å². The molecule has 6 heteroatoms. The van der Waals surface area contributed by atoms with E-state index in [1.54, 1.807) is 0 Å². The Balaban J connectivity index is 2.30. The topological polar surface area (TPSA) is 29.1 Å². The summed E-state index contributed by atoms with van der Waals surface area (Å²) in [5.41, 5.74) is 0.314. The van der Waals surface area contributed by atoms with Crippen LogP contribution >= 0.6 is 15.9 Å². The third-order valence-electron chi connectivity index (χ3n) is 2.67. The number of carbonyl (C=O) groups is 1. The van der Waals surface area contributed by atoms with Gasteiger partial charge in [0.1, 0.15) is 11.6 Å². The van der Waals surface area contributed by atoms with Crippen LogP contribution in [0.5, 0.6) is 0 Å². The van der Waals surface area contributed by atoms with E-state index in [-0.39, 0.29) is 15.7 Å². The van der Waals surface area contributed by atoms with Crippen LogP contribution in [0.4, 0.5) is 18.9 Å². The molecule has 0 radical (unpaired) electrons. The number of halogens is 4. The fourth-order valence-corrected chi connectivity index (χ4v) is 2.14. The highest BCUT2D eigenvalue weighted by atomic mass is 79.9. The second-order valence-electron chi connectivity index (χ2n) is 4.16. The van der Waals surface area contributed by atoms with Gasteiger partial charge in [0.05, 0.1) is 5.69 Å². The van der Waals surface area contributed by atoms with E-state index in [1.165, 1.54) is 19.1 Å². The smallest absolute Gasteiger partial charge is 0.255 e. The predicted octanol–water partition coefficient (Wildman–Crippen LogP) is 4.43. The fraction of sp³-hybridized carbons (Fsp3) is 0.0714. The summed E-state index contributed by atoms with van der Waals surface area (Å²) >= 11 is 2.97. The number of anilines is 1. The molecular weight excluding hydrogens is 335 g/mol. The van der Waals surface area contributed by atoms with E-state index >= 15 is 0 Å². The molecule has 1 amide bonds. The molecular formula is C14H9BrF3NO. The summed E-state index contributed by atoms with van der Waals surface area (Å²) in [5.74, 6) is -2.70. The first-order valence-corrected chi connectivity index (χ1v) is 6.40. The van der Waals surface area contributed by atoms with Crippen molar-refractivity contribution in [2.24, 2.45) is 0 Å². The number of benzene rings is 2. The number of amides is 1. The van der Waals surface area contributed by atoms with Gasteiger partial charge in [0.25, 0.3) is 5.91 Å². The quantitative estimate of drug-likeness (QED) is 0.858. The van der Waals surface area contributed by atoms with E-state index < -0.39 is 23.4 Å². The lowest BCUT2D eigenvalue weighted by Crippen LogP contribution is -2.14. The molecule has 0 aromatic heterocycles. The molecule has 0 heterocycles. The molecule has 0 saturated carbocycles. The number of carbonyl (C=O) groups excluding carboxylic acids is 1. The molecule has 1 N–H and O–H groups in total. The molecule has 20 heavy (non-hydrogen) atoms. The lowest BCUT2D eigenvalue weighted by Gasteiger charge is -2.09. The lowest BCUT2D eigenvalue weighted by molar-refractivity contribution is 0.102. The molecule has 2 aromatic carbocycles. The van der Waals surface area contributed by atoms with E-state index in [0.29, 0.717) is 11.6 Å². The monoisotopic (exact) mass is 343 g/mol. The third kappa shape index (κ3) is 3.01. The standard InChI is InChI=1S/C14H9BrF3NO/c1-7-4-8(2-3-11(7)17)14(20)19-13-10(15)5-9(16)6-12(13)18/h2-6H,1H3,(H,19,20). The predicted molar refractivity (Wildman–Crippen MR) is 73.1 cm³/mol. The molecule has 104 valence electrons. The molecule has 0 bridgehead atoms. The van der Waals surface area contributed by atoms with Crippen LogP contribution in [0.15, 0.2) is 34.8 Å². The van der Waals surface area contributed by atoms with Gasteiger partial charge in [0, 0.05) is 16.1 Å². The maximum absolute atomic E-state index is 13.6. The summed E-state index contributed by atoms with van der Waals surface area (Å²) in [5, 5.41) is 2.32. The largest absolute Gasteiger partial charge is 0.319 e. The van der Waals surface area contributed by atoms with Crippen LogP contribution in [-0.2, 0) is 0 Å². The van der Waals surface area contributed by atoms with Crippen LogP contribution in [0.1, 0.15) is 15.9 Å². The van der Waals surface area contributed by atoms with Crippen molar-refractivity contribution in [2.75, 3.05) is 5.32 Å². The maximum atomic E-state index is 13.6. The third-order valence-corrected chi connectivity index (χ3v) is 3.29. The highest BCUT2D eigenvalue weighted by Gasteiger charge is 2.14. The van der Waals surface area contributed by atoms with E-state index in [4.69, 9.17) is 0 Å². The van der Waals surface area contributed by atoms with Crippen LogP contribution in [0.25, 0.3) is 0 Å². The Kier molecular flexibility index (Phi) is 4.13. The molecule has 2 aromatic rings. The van der Waals surface area contributed by atoms with Crippen molar-refractivity contribution in [1.82, 2.24) is 0 Å². The van der Waals surface area contributed by atoms with Crippen molar-refractivity contribution in [1.29, 1.82) is 0 Å². The van der Waals surface area contributed by atoms with E-state index in [9.17, 15) is 18.0 Å². The van der Waals surface area contributed by atoms with Gasteiger partial charge in [-0.1, -0.05) is 0 Å². The van der Waals surface area contributed by atoms with Gasteiger partial charge in [0.2, 0.25) is 0 Å². The summed E-state index contributed by atoms with van der Waals surface area (Å²) in [6.45, 7) is 1.51.